The van der Waals surface area contributed by atoms with E-state index < -0.39 is 0 Å². The average Bonchev–Trinajstić information content (AvgIpc) is 2.83. The number of nitrogens with one attached hydrogen (secondary N) is 1. The molecule has 0 amide bonds. The lowest BCUT2D eigenvalue weighted by molar-refractivity contribution is 0.339. The van der Waals surface area contributed by atoms with Gasteiger partial charge in [0.1, 0.15) is 11.5 Å². The SMILES string of the molecule is CCOc1ccccc1-n1c(=S)[nH]c2ccc(OC)cc21. The molecule has 3 rings (SSSR count). The molecule has 0 unspecified atom stereocenters. The van der Waals surface area contributed by atoms with Crippen LogP contribution in [0.5, 0.6) is 11.5 Å². The van der Waals surface area contributed by atoms with Gasteiger partial charge in [-0.05, 0) is 43.4 Å². The largest absolute Gasteiger partial charge is 0.497 e. The zero-order chi connectivity index (χ0) is 14.8. The van der Waals surface area contributed by atoms with Crippen molar-refractivity contribution in [2.24, 2.45) is 0 Å². The highest BCUT2D eigenvalue weighted by Crippen LogP contribution is 2.29. The molecule has 3 aromatic rings. The fourth-order valence-corrected chi connectivity index (χ4v) is 2.67. The van der Waals surface area contributed by atoms with Crippen molar-refractivity contribution in [1.82, 2.24) is 9.55 Å². The van der Waals surface area contributed by atoms with Gasteiger partial charge < -0.3 is 14.5 Å². The number of benzene rings is 2. The molecular weight excluding hydrogens is 284 g/mol. The number of aromatic amines is 1. The van der Waals surface area contributed by atoms with Crippen LogP contribution in [0, 0.1) is 4.77 Å². The zero-order valence-electron chi connectivity index (χ0n) is 11.9. The van der Waals surface area contributed by atoms with Gasteiger partial charge >= 0.3 is 0 Å². The Bertz CT molecular complexity index is 836. The summed E-state index contributed by atoms with van der Waals surface area (Å²) in [7, 11) is 1.65. The summed E-state index contributed by atoms with van der Waals surface area (Å²) in [6.45, 7) is 2.57. The van der Waals surface area contributed by atoms with Gasteiger partial charge in [-0.3, -0.25) is 4.57 Å². The lowest BCUT2D eigenvalue weighted by atomic mass is 10.2. The standard InChI is InChI=1S/C16H16N2O2S/c1-3-20-15-7-5-4-6-13(15)18-14-10-11(19-2)8-9-12(14)17-16(18)21/h4-10H,3H2,1-2H3,(H,17,21). The van der Waals surface area contributed by atoms with E-state index in [0.717, 1.165) is 28.2 Å². The van der Waals surface area contributed by atoms with Gasteiger partial charge in [0.25, 0.3) is 0 Å². The van der Waals surface area contributed by atoms with E-state index in [4.69, 9.17) is 21.7 Å². The highest BCUT2D eigenvalue weighted by Gasteiger charge is 2.11. The monoisotopic (exact) mass is 300 g/mol. The molecular formula is C16H16N2O2S. The van der Waals surface area contributed by atoms with Crippen molar-refractivity contribution in [3.05, 3.63) is 47.2 Å². The van der Waals surface area contributed by atoms with E-state index in [2.05, 4.69) is 4.98 Å². The molecule has 2 aromatic carbocycles. The molecule has 1 heterocycles. The van der Waals surface area contributed by atoms with E-state index in [1.54, 1.807) is 7.11 Å². The van der Waals surface area contributed by atoms with E-state index in [0.29, 0.717) is 11.4 Å². The Hall–Kier alpha value is -2.27. The molecule has 0 spiro atoms. The van der Waals surface area contributed by atoms with Crippen LogP contribution in [0.15, 0.2) is 42.5 Å². The first-order chi connectivity index (χ1) is 10.2. The van der Waals surface area contributed by atoms with Crippen molar-refractivity contribution >= 4 is 23.3 Å². The quantitative estimate of drug-likeness (QED) is 0.737. The Balaban J connectivity index is 2.29. The lowest BCUT2D eigenvalue weighted by Crippen LogP contribution is -2.00. The summed E-state index contributed by atoms with van der Waals surface area (Å²) in [5.41, 5.74) is 2.85. The molecule has 0 radical (unpaired) electrons. The lowest BCUT2D eigenvalue weighted by Gasteiger charge is -2.11. The van der Waals surface area contributed by atoms with E-state index in [-0.39, 0.29) is 0 Å². The number of methoxy groups -OCH3 is 1. The van der Waals surface area contributed by atoms with Gasteiger partial charge in [-0.2, -0.15) is 0 Å². The summed E-state index contributed by atoms with van der Waals surface area (Å²) in [4.78, 5) is 3.21. The smallest absolute Gasteiger partial charge is 0.182 e. The molecule has 108 valence electrons. The first-order valence-corrected chi connectivity index (χ1v) is 7.16. The molecule has 21 heavy (non-hydrogen) atoms. The molecule has 0 aliphatic rings. The molecule has 0 fully saturated rings. The highest BCUT2D eigenvalue weighted by atomic mass is 32.1. The third kappa shape index (κ3) is 2.40. The summed E-state index contributed by atoms with van der Waals surface area (Å²) >= 11 is 5.47. The molecule has 0 saturated heterocycles. The van der Waals surface area contributed by atoms with Gasteiger partial charge in [-0.1, -0.05) is 12.1 Å². The van der Waals surface area contributed by atoms with Crippen molar-refractivity contribution in [1.29, 1.82) is 0 Å². The fourth-order valence-electron chi connectivity index (χ4n) is 2.37. The maximum atomic E-state index is 5.71. The summed E-state index contributed by atoms with van der Waals surface area (Å²) in [5.74, 6) is 1.60. The van der Waals surface area contributed by atoms with Crippen LogP contribution >= 0.6 is 12.2 Å². The van der Waals surface area contributed by atoms with Gasteiger partial charge in [-0.15, -0.1) is 0 Å². The van der Waals surface area contributed by atoms with E-state index >= 15 is 0 Å². The number of para-hydroxylation sites is 2. The van der Waals surface area contributed by atoms with E-state index in [9.17, 15) is 0 Å². The Morgan fingerprint density at radius 3 is 2.76 bits per heavy atom. The van der Waals surface area contributed by atoms with Crippen LogP contribution in [0.4, 0.5) is 0 Å². The summed E-state index contributed by atoms with van der Waals surface area (Å²) in [5, 5.41) is 0. The number of nitrogens with zero attached hydrogens (tertiary/aromatic N) is 1. The first kappa shape index (κ1) is 13.7. The molecule has 0 saturated carbocycles. The maximum absolute atomic E-state index is 5.71. The second-order valence-electron chi connectivity index (χ2n) is 4.55. The number of H-pyrrole nitrogens is 1. The predicted octanol–water partition coefficient (Wildman–Crippen LogP) is 4.10. The summed E-state index contributed by atoms with van der Waals surface area (Å²) < 4.78 is 13.6. The minimum atomic E-state index is 0.607. The second-order valence-corrected chi connectivity index (χ2v) is 4.94. The molecule has 0 bridgehead atoms. The normalized spacial score (nSPS) is 10.8. The molecule has 1 N–H and O–H groups in total. The highest BCUT2D eigenvalue weighted by molar-refractivity contribution is 7.71. The minimum Gasteiger partial charge on any atom is -0.497 e. The topological polar surface area (TPSA) is 39.2 Å². The Labute approximate surface area is 127 Å². The van der Waals surface area contributed by atoms with Crippen LogP contribution in [0.1, 0.15) is 6.92 Å². The molecule has 1 aromatic heterocycles. The van der Waals surface area contributed by atoms with Gasteiger partial charge in [0.05, 0.1) is 30.4 Å². The van der Waals surface area contributed by atoms with Crippen molar-refractivity contribution < 1.29 is 9.47 Å². The van der Waals surface area contributed by atoms with Crippen LogP contribution in [0.25, 0.3) is 16.7 Å². The van der Waals surface area contributed by atoms with Crippen LogP contribution in [-0.4, -0.2) is 23.3 Å². The third-order valence-corrected chi connectivity index (χ3v) is 3.58. The zero-order valence-corrected chi connectivity index (χ0v) is 12.7. The molecule has 0 atom stereocenters. The predicted molar refractivity (Wildman–Crippen MR) is 86.2 cm³/mol. The van der Waals surface area contributed by atoms with Crippen molar-refractivity contribution in [2.75, 3.05) is 13.7 Å². The molecule has 4 nitrogen and oxygen atoms in total. The average molecular weight is 300 g/mol. The van der Waals surface area contributed by atoms with E-state index in [1.165, 1.54) is 0 Å². The number of hydrogen-bond acceptors (Lipinski definition) is 3. The minimum absolute atomic E-state index is 0.607. The Morgan fingerprint density at radius 1 is 1.19 bits per heavy atom. The number of aromatic nitrogens is 2. The summed E-state index contributed by atoms with van der Waals surface area (Å²) in [6.07, 6.45) is 0. The van der Waals surface area contributed by atoms with Gasteiger partial charge in [-0.25, -0.2) is 0 Å². The molecule has 0 aliphatic heterocycles. The second kappa shape index (κ2) is 5.61. The van der Waals surface area contributed by atoms with Crippen LogP contribution in [0.2, 0.25) is 0 Å². The molecule has 0 aliphatic carbocycles. The fraction of sp³-hybridized carbons (Fsp3) is 0.188. The first-order valence-electron chi connectivity index (χ1n) is 6.75. The van der Waals surface area contributed by atoms with Crippen molar-refractivity contribution in [3.63, 3.8) is 0 Å². The Morgan fingerprint density at radius 2 is 2.00 bits per heavy atom. The molecule has 5 heteroatoms. The number of hydrogen-bond donors (Lipinski definition) is 1. The number of ether oxygens (including phenoxy) is 2. The van der Waals surface area contributed by atoms with Crippen molar-refractivity contribution in [2.45, 2.75) is 6.92 Å². The van der Waals surface area contributed by atoms with Gasteiger partial charge in [0.2, 0.25) is 0 Å². The van der Waals surface area contributed by atoms with Gasteiger partial charge in [0, 0.05) is 6.07 Å². The van der Waals surface area contributed by atoms with Crippen LogP contribution < -0.4 is 9.47 Å². The maximum Gasteiger partial charge on any atom is 0.182 e. The number of rotatable bonds is 4. The number of fused-ring (bicyclic) bond motifs is 1. The summed E-state index contributed by atoms with van der Waals surface area (Å²) in [6, 6.07) is 13.7. The van der Waals surface area contributed by atoms with Crippen LogP contribution in [0.3, 0.4) is 0 Å². The van der Waals surface area contributed by atoms with E-state index in [1.807, 2.05) is 54.0 Å². The third-order valence-electron chi connectivity index (χ3n) is 3.30. The van der Waals surface area contributed by atoms with Gasteiger partial charge in [0.15, 0.2) is 4.77 Å². The van der Waals surface area contributed by atoms with Crippen LogP contribution in [-0.2, 0) is 0 Å². The van der Waals surface area contributed by atoms with Crippen molar-refractivity contribution in [3.8, 4) is 17.2 Å². The number of imidazole rings is 1. The Kier molecular flexibility index (Phi) is 3.66.